The number of likely N-dealkylation sites (tertiary alicyclic amines) is 1. The van der Waals surface area contributed by atoms with Crippen LogP contribution in [0.15, 0.2) is 0 Å². The van der Waals surface area contributed by atoms with E-state index in [-0.39, 0.29) is 23.9 Å². The van der Waals surface area contributed by atoms with E-state index in [9.17, 15) is 9.59 Å². The van der Waals surface area contributed by atoms with Crippen LogP contribution in [-0.2, 0) is 14.3 Å². The van der Waals surface area contributed by atoms with Crippen molar-refractivity contribution in [3.63, 3.8) is 0 Å². The highest BCUT2D eigenvalue weighted by molar-refractivity contribution is 5.88. The molecule has 2 rings (SSSR count). The zero-order chi connectivity index (χ0) is 12.4. The quantitative estimate of drug-likeness (QED) is 0.652. The van der Waals surface area contributed by atoms with Gasteiger partial charge in [-0.2, -0.15) is 0 Å². The number of amides is 2. The number of nitrogens with one attached hydrogen (secondary N) is 1. The fraction of sp³-hybridized carbons (Fsp3) is 0.818. The summed E-state index contributed by atoms with van der Waals surface area (Å²) >= 11 is 0. The number of hydrogen-bond acceptors (Lipinski definition) is 4. The molecule has 6 heteroatoms. The average molecular weight is 241 g/mol. The molecule has 96 valence electrons. The van der Waals surface area contributed by atoms with Crippen LogP contribution in [0.5, 0.6) is 0 Å². The Labute approximate surface area is 100 Å². The molecule has 6 nitrogen and oxygen atoms in total. The van der Waals surface area contributed by atoms with Gasteiger partial charge in [-0.05, 0) is 13.3 Å². The van der Waals surface area contributed by atoms with Gasteiger partial charge in [-0.15, -0.1) is 0 Å². The topological polar surface area (TPSA) is 84.7 Å². The van der Waals surface area contributed by atoms with Gasteiger partial charge < -0.3 is 20.7 Å². The van der Waals surface area contributed by atoms with Crippen molar-refractivity contribution in [1.82, 2.24) is 10.2 Å². The summed E-state index contributed by atoms with van der Waals surface area (Å²) in [5.41, 5.74) is 5.82. The monoisotopic (exact) mass is 241 g/mol. The third-order valence-corrected chi connectivity index (χ3v) is 3.31. The number of hydrogen-bond donors (Lipinski definition) is 2. The van der Waals surface area contributed by atoms with Crippen LogP contribution >= 0.6 is 0 Å². The van der Waals surface area contributed by atoms with E-state index in [1.165, 1.54) is 0 Å². The van der Waals surface area contributed by atoms with Gasteiger partial charge in [0.2, 0.25) is 11.8 Å². The van der Waals surface area contributed by atoms with Crippen LogP contribution in [0.2, 0.25) is 0 Å². The maximum atomic E-state index is 11.9. The number of carbonyl (C=O) groups is 2. The van der Waals surface area contributed by atoms with E-state index in [1.54, 1.807) is 11.8 Å². The number of nitrogens with zero attached hydrogens (tertiary/aromatic N) is 1. The van der Waals surface area contributed by atoms with Crippen LogP contribution in [0.25, 0.3) is 0 Å². The summed E-state index contributed by atoms with van der Waals surface area (Å²) in [5, 5.41) is 2.85. The Morgan fingerprint density at radius 2 is 2.29 bits per heavy atom. The summed E-state index contributed by atoms with van der Waals surface area (Å²) in [6.07, 6.45) is 1.14. The van der Waals surface area contributed by atoms with Gasteiger partial charge in [0.15, 0.2) is 0 Å². The van der Waals surface area contributed by atoms with E-state index in [1.807, 2.05) is 0 Å². The first-order valence-corrected chi connectivity index (χ1v) is 6.01. The molecule has 2 fully saturated rings. The van der Waals surface area contributed by atoms with Crippen molar-refractivity contribution >= 4 is 11.8 Å². The summed E-state index contributed by atoms with van der Waals surface area (Å²) in [6, 6.07) is -0.372. The standard InChI is InChI=1S/C11H19N3O3/c1-7(11(16)13-9-5-17-6-9)14-4-8(12)2-3-10(14)15/h7-9H,2-6,12H2,1H3,(H,13,16)/t7-,8+/m1/s1. The molecule has 2 aliphatic heterocycles. The number of nitrogens with two attached hydrogens (primary N) is 1. The lowest BCUT2D eigenvalue weighted by molar-refractivity contribution is -0.143. The summed E-state index contributed by atoms with van der Waals surface area (Å²) in [4.78, 5) is 25.2. The Balaban J connectivity index is 1.90. The van der Waals surface area contributed by atoms with Crippen molar-refractivity contribution in [2.75, 3.05) is 19.8 Å². The zero-order valence-corrected chi connectivity index (χ0v) is 10.0. The average Bonchev–Trinajstić information content (AvgIpc) is 2.25. The predicted octanol–water partition coefficient (Wildman–Crippen LogP) is -1.16. The van der Waals surface area contributed by atoms with Crippen molar-refractivity contribution in [3.05, 3.63) is 0 Å². The molecule has 2 heterocycles. The first-order chi connectivity index (χ1) is 8.08. The lowest BCUT2D eigenvalue weighted by atomic mass is 10.0. The Kier molecular flexibility index (Phi) is 3.63. The lowest BCUT2D eigenvalue weighted by Gasteiger charge is -2.36. The van der Waals surface area contributed by atoms with Crippen LogP contribution in [0.3, 0.4) is 0 Å². The highest BCUT2D eigenvalue weighted by Crippen LogP contribution is 2.13. The predicted molar refractivity (Wildman–Crippen MR) is 61.1 cm³/mol. The molecular weight excluding hydrogens is 222 g/mol. The number of piperidine rings is 1. The van der Waals surface area contributed by atoms with Crippen molar-refractivity contribution in [3.8, 4) is 0 Å². The highest BCUT2D eigenvalue weighted by atomic mass is 16.5. The Morgan fingerprint density at radius 3 is 2.88 bits per heavy atom. The second-order valence-corrected chi connectivity index (χ2v) is 4.76. The van der Waals surface area contributed by atoms with E-state index >= 15 is 0 Å². The fourth-order valence-corrected chi connectivity index (χ4v) is 2.05. The van der Waals surface area contributed by atoms with Gasteiger partial charge >= 0.3 is 0 Å². The zero-order valence-electron chi connectivity index (χ0n) is 10.0. The molecule has 0 aromatic carbocycles. The molecule has 2 saturated heterocycles. The molecule has 0 aromatic heterocycles. The molecule has 0 saturated carbocycles. The van der Waals surface area contributed by atoms with Crippen molar-refractivity contribution in [2.24, 2.45) is 5.73 Å². The second kappa shape index (κ2) is 5.01. The van der Waals surface area contributed by atoms with Crippen LogP contribution in [0, 0.1) is 0 Å². The molecule has 2 aliphatic rings. The van der Waals surface area contributed by atoms with Gasteiger partial charge in [0.25, 0.3) is 0 Å². The first kappa shape index (κ1) is 12.3. The van der Waals surface area contributed by atoms with E-state index in [0.29, 0.717) is 32.6 Å². The fourth-order valence-electron chi connectivity index (χ4n) is 2.05. The van der Waals surface area contributed by atoms with Gasteiger partial charge in [0.05, 0.1) is 19.3 Å². The second-order valence-electron chi connectivity index (χ2n) is 4.76. The van der Waals surface area contributed by atoms with Crippen molar-refractivity contribution in [1.29, 1.82) is 0 Å². The van der Waals surface area contributed by atoms with Gasteiger partial charge in [0, 0.05) is 19.0 Å². The molecular formula is C11H19N3O3. The van der Waals surface area contributed by atoms with Gasteiger partial charge in [-0.25, -0.2) is 0 Å². The number of ether oxygens (including phenoxy) is 1. The minimum absolute atomic E-state index is 0.0132. The lowest BCUT2D eigenvalue weighted by Crippen LogP contribution is -2.58. The van der Waals surface area contributed by atoms with Crippen LogP contribution in [-0.4, -0.2) is 54.6 Å². The van der Waals surface area contributed by atoms with Crippen LogP contribution < -0.4 is 11.1 Å². The van der Waals surface area contributed by atoms with E-state index in [0.717, 1.165) is 0 Å². The number of rotatable bonds is 3. The van der Waals surface area contributed by atoms with Crippen LogP contribution in [0.4, 0.5) is 0 Å². The summed E-state index contributed by atoms with van der Waals surface area (Å²) in [6.45, 7) is 3.33. The number of carbonyl (C=O) groups excluding carboxylic acids is 2. The molecule has 0 bridgehead atoms. The molecule has 0 radical (unpaired) electrons. The van der Waals surface area contributed by atoms with E-state index in [4.69, 9.17) is 10.5 Å². The summed E-state index contributed by atoms with van der Waals surface area (Å²) in [7, 11) is 0. The third kappa shape index (κ3) is 2.76. The molecule has 3 N–H and O–H groups in total. The SMILES string of the molecule is C[C@H](C(=O)NC1COC1)N1C[C@@H](N)CCC1=O. The molecule has 17 heavy (non-hydrogen) atoms. The van der Waals surface area contributed by atoms with Gasteiger partial charge in [-0.3, -0.25) is 9.59 Å². The largest absolute Gasteiger partial charge is 0.377 e. The van der Waals surface area contributed by atoms with Crippen LogP contribution in [0.1, 0.15) is 19.8 Å². The Bertz CT molecular complexity index is 317. The first-order valence-electron chi connectivity index (χ1n) is 6.01. The maximum Gasteiger partial charge on any atom is 0.242 e. The Morgan fingerprint density at radius 1 is 1.59 bits per heavy atom. The van der Waals surface area contributed by atoms with E-state index < -0.39 is 6.04 Å². The maximum absolute atomic E-state index is 11.9. The molecule has 0 aliphatic carbocycles. The smallest absolute Gasteiger partial charge is 0.242 e. The third-order valence-electron chi connectivity index (χ3n) is 3.31. The molecule has 2 amide bonds. The minimum Gasteiger partial charge on any atom is -0.377 e. The normalized spacial score (nSPS) is 27.5. The van der Waals surface area contributed by atoms with Gasteiger partial charge in [-0.1, -0.05) is 0 Å². The van der Waals surface area contributed by atoms with Crippen molar-refractivity contribution < 1.29 is 14.3 Å². The van der Waals surface area contributed by atoms with E-state index in [2.05, 4.69) is 5.32 Å². The highest BCUT2D eigenvalue weighted by Gasteiger charge is 2.32. The molecule has 0 aromatic rings. The molecule has 0 spiro atoms. The van der Waals surface area contributed by atoms with Gasteiger partial charge in [0.1, 0.15) is 6.04 Å². The summed E-state index contributed by atoms with van der Waals surface area (Å²) < 4.78 is 4.98. The minimum atomic E-state index is -0.450. The Hall–Kier alpha value is -1.14. The molecule has 2 atom stereocenters. The molecule has 0 unspecified atom stereocenters. The van der Waals surface area contributed by atoms with Crippen molar-refractivity contribution in [2.45, 2.75) is 37.9 Å². The summed E-state index contributed by atoms with van der Waals surface area (Å²) in [5.74, 6) is -0.111.